The lowest BCUT2D eigenvalue weighted by molar-refractivity contribution is 0.102. The van der Waals surface area contributed by atoms with Gasteiger partial charge in [0.05, 0.1) is 4.90 Å². The molecule has 0 heterocycles. The predicted octanol–water partition coefficient (Wildman–Crippen LogP) is 4.27. The van der Waals surface area contributed by atoms with E-state index in [1.165, 1.54) is 24.3 Å². The minimum atomic E-state index is -3.65. The van der Waals surface area contributed by atoms with Crippen LogP contribution in [-0.4, -0.2) is 25.8 Å². The third-order valence-corrected chi connectivity index (χ3v) is 6.08. The van der Waals surface area contributed by atoms with Crippen LogP contribution in [0.2, 0.25) is 0 Å². The molecule has 0 aliphatic heterocycles. The maximum absolute atomic E-state index is 12.5. The Morgan fingerprint density at radius 2 is 1.09 bits per heavy atom. The fourth-order valence-corrected chi connectivity index (χ4v) is 4.30. The number of carbonyl (C=O) groups excluding carboxylic acids is 2. The molecule has 3 aromatic rings. The van der Waals surface area contributed by atoms with Gasteiger partial charge in [-0.15, -0.1) is 0 Å². The number of nitrogens with one attached hydrogen (secondary N) is 3. The van der Waals surface area contributed by atoms with E-state index in [9.17, 15) is 18.0 Å². The summed E-state index contributed by atoms with van der Waals surface area (Å²) < 4.78 is 27.3. The van der Waals surface area contributed by atoms with Crippen LogP contribution in [0.25, 0.3) is 0 Å². The van der Waals surface area contributed by atoms with E-state index in [1.807, 2.05) is 6.07 Å². The Balaban J connectivity index is 1.63. The number of hydrogen-bond acceptors (Lipinski definition) is 4. The number of sulfonamides is 1. The van der Waals surface area contributed by atoms with E-state index < -0.39 is 15.6 Å². The van der Waals surface area contributed by atoms with Crippen LogP contribution in [0, 0.1) is 0 Å². The highest BCUT2D eigenvalue weighted by Crippen LogP contribution is 2.18. The van der Waals surface area contributed by atoms with Crippen molar-refractivity contribution < 1.29 is 18.0 Å². The van der Waals surface area contributed by atoms with Crippen molar-refractivity contribution in [1.29, 1.82) is 0 Å². The fourth-order valence-electron chi connectivity index (χ4n) is 2.88. The maximum Gasteiger partial charge on any atom is 0.255 e. The van der Waals surface area contributed by atoms with Crippen LogP contribution >= 0.6 is 0 Å². The summed E-state index contributed by atoms with van der Waals surface area (Å²) in [5.74, 6) is -0.590. The first kappa shape index (κ1) is 23.2. The molecule has 2 amide bonds. The second-order valence-electron chi connectivity index (χ2n) is 8.23. The Hall–Kier alpha value is -3.49. The molecule has 0 atom stereocenters. The Labute approximate surface area is 187 Å². The molecule has 3 N–H and O–H groups in total. The fraction of sp³-hybridized carbons (Fsp3) is 0.167. The van der Waals surface area contributed by atoms with Crippen molar-refractivity contribution in [1.82, 2.24) is 4.72 Å². The summed E-state index contributed by atoms with van der Waals surface area (Å²) >= 11 is 0. The average molecular weight is 452 g/mol. The van der Waals surface area contributed by atoms with Crippen molar-refractivity contribution in [2.45, 2.75) is 31.2 Å². The number of amides is 2. The molecule has 0 saturated carbocycles. The van der Waals surface area contributed by atoms with Crippen LogP contribution in [0.4, 0.5) is 11.4 Å². The first-order valence-corrected chi connectivity index (χ1v) is 11.4. The molecule has 32 heavy (non-hydrogen) atoms. The summed E-state index contributed by atoms with van der Waals surface area (Å²) in [5, 5.41) is 5.51. The second-order valence-corrected chi connectivity index (χ2v) is 9.91. The average Bonchev–Trinajstić information content (AvgIpc) is 2.73. The second kappa shape index (κ2) is 9.33. The van der Waals surface area contributed by atoms with Gasteiger partial charge < -0.3 is 10.6 Å². The molecule has 0 aromatic heterocycles. The van der Waals surface area contributed by atoms with Gasteiger partial charge in [-0.3, -0.25) is 9.59 Å². The van der Waals surface area contributed by atoms with Crippen LogP contribution in [-0.2, 0) is 10.0 Å². The number of carbonyl (C=O) groups is 2. The van der Waals surface area contributed by atoms with E-state index in [1.54, 1.807) is 69.3 Å². The standard InChI is InChI=1S/C24H25N3O4S/c1-24(2,3)27-32(30,31)21-15-13-20(14-16-21)26-23(29)18-9-11-19(12-10-18)25-22(28)17-7-5-4-6-8-17/h4-16,27H,1-3H3,(H,25,28)(H,26,29). The van der Waals surface area contributed by atoms with Crippen LogP contribution < -0.4 is 15.4 Å². The summed E-state index contributed by atoms with van der Waals surface area (Å²) in [7, 11) is -3.65. The molecule has 8 heteroatoms. The van der Waals surface area contributed by atoms with Crippen LogP contribution in [0.15, 0.2) is 83.8 Å². The maximum atomic E-state index is 12.5. The monoisotopic (exact) mass is 451 g/mol. The summed E-state index contributed by atoms with van der Waals surface area (Å²) in [6.45, 7) is 5.28. The van der Waals surface area contributed by atoms with E-state index in [0.717, 1.165) is 0 Å². The van der Waals surface area contributed by atoms with Gasteiger partial charge in [-0.1, -0.05) is 18.2 Å². The van der Waals surface area contributed by atoms with Crippen molar-refractivity contribution in [3.8, 4) is 0 Å². The van der Waals surface area contributed by atoms with Crippen LogP contribution in [0.1, 0.15) is 41.5 Å². The van der Waals surface area contributed by atoms with Crippen LogP contribution in [0.3, 0.4) is 0 Å². The summed E-state index contributed by atoms with van der Waals surface area (Å²) in [5.41, 5.74) is 1.37. The normalized spacial score (nSPS) is 11.6. The molecule has 0 aliphatic carbocycles. The van der Waals surface area contributed by atoms with Gasteiger partial charge in [0.1, 0.15) is 0 Å². The van der Waals surface area contributed by atoms with E-state index in [0.29, 0.717) is 22.5 Å². The number of hydrogen-bond donors (Lipinski definition) is 3. The first-order chi connectivity index (χ1) is 15.0. The Morgan fingerprint density at radius 3 is 1.56 bits per heavy atom. The van der Waals surface area contributed by atoms with Gasteiger partial charge in [-0.25, -0.2) is 13.1 Å². The molecular weight excluding hydrogens is 426 g/mol. The van der Waals surface area contributed by atoms with Crippen molar-refractivity contribution in [3.63, 3.8) is 0 Å². The molecule has 0 bridgehead atoms. The zero-order chi connectivity index (χ0) is 23.4. The Morgan fingerprint density at radius 1 is 0.656 bits per heavy atom. The zero-order valence-corrected chi connectivity index (χ0v) is 18.9. The van der Waals surface area contributed by atoms with Gasteiger partial charge in [0.15, 0.2) is 0 Å². The molecule has 0 spiro atoms. The van der Waals surface area contributed by atoms with E-state index >= 15 is 0 Å². The quantitative estimate of drug-likeness (QED) is 0.521. The predicted molar refractivity (Wildman–Crippen MR) is 125 cm³/mol. The lowest BCUT2D eigenvalue weighted by Gasteiger charge is -2.20. The minimum absolute atomic E-state index is 0.115. The van der Waals surface area contributed by atoms with Crippen LogP contribution in [0.5, 0.6) is 0 Å². The van der Waals surface area contributed by atoms with Crippen molar-refractivity contribution in [2.24, 2.45) is 0 Å². The number of anilines is 2. The van der Waals surface area contributed by atoms with Gasteiger partial charge in [-0.05, 0) is 81.4 Å². The highest BCUT2D eigenvalue weighted by Gasteiger charge is 2.21. The number of rotatable bonds is 6. The van der Waals surface area contributed by atoms with Gasteiger partial charge in [-0.2, -0.15) is 0 Å². The van der Waals surface area contributed by atoms with Gasteiger partial charge >= 0.3 is 0 Å². The Kier molecular flexibility index (Phi) is 6.76. The lowest BCUT2D eigenvalue weighted by Crippen LogP contribution is -2.40. The third-order valence-electron chi connectivity index (χ3n) is 4.30. The molecular formula is C24H25N3O4S. The largest absolute Gasteiger partial charge is 0.322 e. The van der Waals surface area contributed by atoms with E-state index in [-0.39, 0.29) is 16.7 Å². The van der Waals surface area contributed by atoms with Crippen molar-refractivity contribution in [2.75, 3.05) is 10.6 Å². The number of benzene rings is 3. The van der Waals surface area contributed by atoms with Gasteiger partial charge in [0.2, 0.25) is 10.0 Å². The first-order valence-electron chi connectivity index (χ1n) is 9.95. The molecule has 0 radical (unpaired) electrons. The SMILES string of the molecule is CC(C)(C)NS(=O)(=O)c1ccc(NC(=O)c2ccc(NC(=O)c3ccccc3)cc2)cc1. The summed E-state index contributed by atoms with van der Waals surface area (Å²) in [6, 6.07) is 21.2. The Bertz CT molecular complexity index is 1200. The highest BCUT2D eigenvalue weighted by atomic mass is 32.2. The van der Waals surface area contributed by atoms with Crippen molar-refractivity contribution in [3.05, 3.63) is 90.0 Å². The molecule has 0 saturated heterocycles. The molecule has 166 valence electrons. The van der Waals surface area contributed by atoms with Crippen molar-refractivity contribution >= 4 is 33.2 Å². The summed E-state index contributed by atoms with van der Waals surface area (Å²) in [4.78, 5) is 24.8. The topological polar surface area (TPSA) is 104 Å². The third kappa shape index (κ3) is 6.26. The zero-order valence-electron chi connectivity index (χ0n) is 18.0. The van der Waals surface area contributed by atoms with E-state index in [4.69, 9.17) is 0 Å². The molecule has 0 aliphatic rings. The van der Waals surface area contributed by atoms with Gasteiger partial charge in [0, 0.05) is 28.0 Å². The smallest absolute Gasteiger partial charge is 0.255 e. The van der Waals surface area contributed by atoms with Gasteiger partial charge in [0.25, 0.3) is 11.8 Å². The molecule has 0 unspecified atom stereocenters. The molecule has 7 nitrogen and oxygen atoms in total. The minimum Gasteiger partial charge on any atom is -0.322 e. The lowest BCUT2D eigenvalue weighted by atomic mass is 10.1. The summed E-state index contributed by atoms with van der Waals surface area (Å²) in [6.07, 6.45) is 0. The molecule has 3 rings (SSSR count). The highest BCUT2D eigenvalue weighted by molar-refractivity contribution is 7.89. The molecule has 3 aromatic carbocycles. The van der Waals surface area contributed by atoms with E-state index in [2.05, 4.69) is 15.4 Å². The molecule has 0 fully saturated rings.